The first-order chi connectivity index (χ1) is 20.8. The Bertz CT molecular complexity index is 1570. The van der Waals surface area contributed by atoms with Gasteiger partial charge in [-0.05, 0) is 80.3 Å². The molecule has 3 aliphatic rings. The maximum Gasteiger partial charge on any atom is 0.435 e. The maximum absolute atomic E-state index is 15.0. The molecule has 2 aliphatic carbocycles. The number of sulfone groups is 1. The van der Waals surface area contributed by atoms with Gasteiger partial charge in [0.25, 0.3) is 0 Å². The van der Waals surface area contributed by atoms with Gasteiger partial charge < -0.3 is 10.2 Å². The Labute approximate surface area is 254 Å². The summed E-state index contributed by atoms with van der Waals surface area (Å²) in [4.78, 5) is 26.4. The second-order valence-electron chi connectivity index (χ2n) is 12.0. The van der Waals surface area contributed by atoms with Gasteiger partial charge >= 0.3 is 18.0 Å². The summed E-state index contributed by atoms with van der Waals surface area (Å²) < 4.78 is 137. The highest BCUT2D eigenvalue weighted by molar-refractivity contribution is 7.92. The van der Waals surface area contributed by atoms with Crippen LogP contribution in [-0.4, -0.2) is 56.1 Å². The molecule has 0 spiro atoms. The van der Waals surface area contributed by atoms with E-state index < -0.39 is 55.9 Å². The number of hydrogen-bond donors (Lipinski definition) is 1. The first-order valence-electron chi connectivity index (χ1n) is 14.4. The minimum absolute atomic E-state index is 0.0745. The molecular formula is C30H30F8N2O4S. The fraction of sp³-hybridized carbons (Fsp3) is 0.533. The van der Waals surface area contributed by atoms with Crippen molar-refractivity contribution in [1.82, 2.24) is 10.2 Å². The van der Waals surface area contributed by atoms with Gasteiger partial charge in [-0.1, -0.05) is 18.2 Å². The van der Waals surface area contributed by atoms with Crippen molar-refractivity contribution < 1.29 is 53.1 Å². The number of alkyl halides is 7. The van der Waals surface area contributed by atoms with Crippen LogP contribution in [0.4, 0.5) is 35.1 Å². The lowest BCUT2D eigenvalue weighted by molar-refractivity contribution is -0.348. The Hall–Kier alpha value is -3.23. The summed E-state index contributed by atoms with van der Waals surface area (Å²) in [5.41, 5.74) is -7.77. The van der Waals surface area contributed by atoms with Crippen LogP contribution >= 0.6 is 0 Å². The summed E-state index contributed by atoms with van der Waals surface area (Å²) in [6, 6.07) is 4.17. The fourth-order valence-corrected chi connectivity index (χ4v) is 9.69. The number of nitrogens with zero attached hydrogens (tertiary/aromatic N) is 1. The van der Waals surface area contributed by atoms with Crippen LogP contribution in [0.1, 0.15) is 62.1 Å². The Morgan fingerprint density at radius 2 is 1.49 bits per heavy atom. The number of amides is 2. The molecule has 1 saturated carbocycles. The number of benzene rings is 2. The van der Waals surface area contributed by atoms with Gasteiger partial charge in [0.15, 0.2) is 9.84 Å². The third kappa shape index (κ3) is 5.28. The molecule has 1 aliphatic heterocycles. The van der Waals surface area contributed by atoms with E-state index in [1.165, 1.54) is 11.8 Å². The minimum Gasteiger partial charge on any atom is -0.354 e. The van der Waals surface area contributed by atoms with Gasteiger partial charge in [-0.3, -0.25) is 9.59 Å². The van der Waals surface area contributed by atoms with Crippen LogP contribution in [0.5, 0.6) is 0 Å². The smallest absolute Gasteiger partial charge is 0.354 e. The van der Waals surface area contributed by atoms with Crippen LogP contribution in [0, 0.1) is 11.7 Å². The van der Waals surface area contributed by atoms with Gasteiger partial charge in [0.2, 0.25) is 11.8 Å². The van der Waals surface area contributed by atoms with Crippen molar-refractivity contribution >= 4 is 21.7 Å². The van der Waals surface area contributed by atoms with E-state index >= 15 is 0 Å². The number of carbonyl (C=O) groups is 2. The number of nitrogens with one attached hydrogen (secondary N) is 1. The highest BCUT2D eigenvalue weighted by atomic mass is 32.2. The lowest BCUT2D eigenvalue weighted by Crippen LogP contribution is -2.54. The van der Waals surface area contributed by atoms with Gasteiger partial charge in [0, 0.05) is 31.0 Å². The van der Waals surface area contributed by atoms with E-state index in [4.69, 9.17) is 0 Å². The number of carbonyl (C=O) groups excluding carboxylic acids is 2. The average molecular weight is 667 g/mol. The van der Waals surface area contributed by atoms with E-state index in [-0.39, 0.29) is 59.7 Å². The topological polar surface area (TPSA) is 83.6 Å². The summed E-state index contributed by atoms with van der Waals surface area (Å²) in [6.07, 6.45) is -11.5. The van der Waals surface area contributed by atoms with Crippen molar-refractivity contribution in [3.63, 3.8) is 0 Å². The molecule has 6 nitrogen and oxygen atoms in total. The molecule has 15 heteroatoms. The standard InChI is InChI=1S/C30H30F8N2O4S/c1-17(41)39-22-8-2-18(3-9-22)26(42)40-15-14-27(45(43,44)23-10-6-21(31)7-11-23)24-12-5-20(16-19(24)4-13-25(27)40)28(32,29(33,34)35)30(36,37)38/h5-7,10-12,16,18,22,25H,2-4,8-9,13-15H2,1H3,(H,39,41)/t18-,22-,25-,27-/m1/s1. The first-order valence-corrected chi connectivity index (χ1v) is 15.9. The van der Waals surface area contributed by atoms with Crippen molar-refractivity contribution in [2.45, 2.75) is 91.6 Å². The predicted molar refractivity (Wildman–Crippen MR) is 145 cm³/mol. The third-order valence-corrected chi connectivity index (χ3v) is 12.0. The lowest BCUT2D eigenvalue weighted by Gasteiger charge is -2.44. The van der Waals surface area contributed by atoms with E-state index in [2.05, 4.69) is 5.32 Å². The van der Waals surface area contributed by atoms with E-state index in [0.29, 0.717) is 37.8 Å². The van der Waals surface area contributed by atoms with Gasteiger partial charge in [0.05, 0.1) is 10.9 Å². The molecule has 2 aromatic carbocycles. The molecule has 2 aromatic rings. The maximum atomic E-state index is 15.0. The van der Waals surface area contributed by atoms with Crippen molar-refractivity contribution in [3.05, 3.63) is 65.0 Å². The number of halogens is 8. The zero-order chi connectivity index (χ0) is 33.2. The first kappa shape index (κ1) is 33.1. The molecular weight excluding hydrogens is 636 g/mol. The summed E-state index contributed by atoms with van der Waals surface area (Å²) in [6.45, 7) is 1.31. The molecule has 0 unspecified atom stereocenters. The fourth-order valence-electron chi connectivity index (χ4n) is 7.32. The van der Waals surface area contributed by atoms with E-state index in [1.54, 1.807) is 0 Å². The normalized spacial score (nSPS) is 25.8. The highest BCUT2D eigenvalue weighted by Gasteiger charge is 2.74. The molecule has 2 atom stereocenters. The van der Waals surface area contributed by atoms with Crippen molar-refractivity contribution in [1.29, 1.82) is 0 Å². The molecule has 1 heterocycles. The molecule has 0 aromatic heterocycles. The van der Waals surface area contributed by atoms with Crippen LogP contribution in [0.3, 0.4) is 0 Å². The van der Waals surface area contributed by atoms with Crippen molar-refractivity contribution in [2.75, 3.05) is 6.54 Å². The molecule has 0 radical (unpaired) electrons. The number of hydrogen-bond acceptors (Lipinski definition) is 4. The van der Waals surface area contributed by atoms with Gasteiger partial charge in [0.1, 0.15) is 10.6 Å². The molecule has 246 valence electrons. The number of likely N-dealkylation sites (tertiary alicyclic amines) is 1. The van der Waals surface area contributed by atoms with Crippen molar-refractivity contribution in [2.24, 2.45) is 5.92 Å². The van der Waals surface area contributed by atoms with Crippen LogP contribution in [0.2, 0.25) is 0 Å². The summed E-state index contributed by atoms with van der Waals surface area (Å²) in [7, 11) is -4.56. The SMILES string of the molecule is CC(=O)N[C@H]1CC[C@H](C(=O)N2CC[C@@]3(S(=O)(=O)c4ccc(F)cc4)c4ccc(C(F)(C(F)(F)F)C(F)(F)F)cc4CC[C@@H]23)CC1. The molecule has 1 N–H and O–H groups in total. The largest absolute Gasteiger partial charge is 0.435 e. The number of aryl methyl sites for hydroxylation is 1. The van der Waals surface area contributed by atoms with Crippen LogP contribution in [0.15, 0.2) is 47.4 Å². The summed E-state index contributed by atoms with van der Waals surface area (Å²) in [5.74, 6) is -1.78. The molecule has 5 rings (SSSR count). The van der Waals surface area contributed by atoms with E-state index in [1.807, 2.05) is 0 Å². The van der Waals surface area contributed by atoms with Crippen LogP contribution < -0.4 is 5.32 Å². The monoisotopic (exact) mass is 666 g/mol. The summed E-state index contributed by atoms with van der Waals surface area (Å²) >= 11 is 0. The Balaban J connectivity index is 1.59. The summed E-state index contributed by atoms with van der Waals surface area (Å²) in [5, 5.41) is 2.81. The Kier molecular flexibility index (Phi) is 8.27. The van der Waals surface area contributed by atoms with Gasteiger partial charge in [-0.2, -0.15) is 26.3 Å². The third-order valence-electron chi connectivity index (χ3n) is 9.44. The average Bonchev–Trinajstić information content (AvgIpc) is 3.37. The lowest BCUT2D eigenvalue weighted by atomic mass is 9.76. The predicted octanol–water partition coefficient (Wildman–Crippen LogP) is 6.03. The molecule has 1 saturated heterocycles. The number of fused-ring (bicyclic) bond motifs is 3. The quantitative estimate of drug-likeness (QED) is 0.313. The zero-order valence-corrected chi connectivity index (χ0v) is 24.8. The Morgan fingerprint density at radius 3 is 2.04 bits per heavy atom. The van der Waals surface area contributed by atoms with E-state index in [9.17, 15) is 53.1 Å². The van der Waals surface area contributed by atoms with E-state index in [0.717, 1.165) is 30.3 Å². The minimum atomic E-state index is -6.36. The second-order valence-corrected chi connectivity index (χ2v) is 14.2. The van der Waals surface area contributed by atoms with Crippen LogP contribution in [0.25, 0.3) is 0 Å². The number of rotatable bonds is 5. The zero-order valence-electron chi connectivity index (χ0n) is 23.9. The highest BCUT2D eigenvalue weighted by Crippen LogP contribution is 2.57. The molecule has 2 fully saturated rings. The molecule has 45 heavy (non-hydrogen) atoms. The Morgan fingerprint density at radius 1 is 0.889 bits per heavy atom. The second kappa shape index (κ2) is 11.2. The van der Waals surface area contributed by atoms with Gasteiger partial charge in [-0.25, -0.2) is 17.2 Å². The van der Waals surface area contributed by atoms with Gasteiger partial charge in [-0.15, -0.1) is 0 Å². The molecule has 0 bridgehead atoms. The molecule has 2 amide bonds. The van der Waals surface area contributed by atoms with Crippen LogP contribution in [-0.2, 0) is 36.3 Å². The van der Waals surface area contributed by atoms with Crippen molar-refractivity contribution in [3.8, 4) is 0 Å².